The van der Waals surface area contributed by atoms with Crippen molar-refractivity contribution in [2.24, 2.45) is 11.8 Å². The van der Waals surface area contributed by atoms with E-state index in [2.05, 4.69) is 35.0 Å². The number of hydrogen-bond acceptors (Lipinski definition) is 5. The molecule has 5 heteroatoms. The van der Waals surface area contributed by atoms with Crippen LogP contribution in [-0.2, 0) is 0 Å². The van der Waals surface area contributed by atoms with Gasteiger partial charge in [0.1, 0.15) is 11.8 Å². The van der Waals surface area contributed by atoms with E-state index >= 15 is 0 Å². The summed E-state index contributed by atoms with van der Waals surface area (Å²) in [6.07, 6.45) is 5.37. The topological polar surface area (TPSA) is 61.8 Å². The molecule has 3 unspecified atom stereocenters. The van der Waals surface area contributed by atoms with Gasteiger partial charge in [-0.2, -0.15) is 0 Å². The zero-order chi connectivity index (χ0) is 26.2. The van der Waals surface area contributed by atoms with Gasteiger partial charge in [0.2, 0.25) is 0 Å². The smallest absolute Gasteiger partial charge is 0.188 e. The summed E-state index contributed by atoms with van der Waals surface area (Å²) in [6.45, 7) is 5.95. The lowest BCUT2D eigenvalue weighted by atomic mass is 9.73. The van der Waals surface area contributed by atoms with Crippen molar-refractivity contribution in [3.63, 3.8) is 0 Å². The summed E-state index contributed by atoms with van der Waals surface area (Å²) in [5.74, 6) is 1.73. The molecule has 4 heterocycles. The normalized spacial score (nSPS) is 26.5. The van der Waals surface area contributed by atoms with Crippen molar-refractivity contribution in [1.29, 1.82) is 0 Å². The summed E-state index contributed by atoms with van der Waals surface area (Å²) in [4.78, 5) is 16.1. The lowest BCUT2D eigenvalue weighted by Gasteiger charge is -2.51. The molecule has 2 N–H and O–H groups in total. The third kappa shape index (κ3) is 4.46. The first-order valence-electron chi connectivity index (χ1n) is 13.5. The second-order valence-corrected chi connectivity index (χ2v) is 10.7. The van der Waals surface area contributed by atoms with Gasteiger partial charge in [0.15, 0.2) is 5.78 Å². The summed E-state index contributed by atoms with van der Waals surface area (Å²) in [5, 5.41) is 15.2. The summed E-state index contributed by atoms with van der Waals surface area (Å²) < 4.78 is 5.50. The molecule has 2 bridgehead atoms. The Bertz CT molecular complexity index is 1360. The highest BCUT2D eigenvalue weighted by Crippen LogP contribution is 2.43. The molecule has 6 atom stereocenters. The number of aliphatic hydroxyl groups excluding tert-OH is 1. The highest BCUT2D eigenvalue weighted by atomic mass is 16.5. The van der Waals surface area contributed by atoms with Crippen molar-refractivity contribution in [3.8, 4) is 16.9 Å². The highest BCUT2D eigenvalue weighted by molar-refractivity contribution is 6.06. The molecule has 4 aliphatic rings. The second-order valence-electron chi connectivity index (χ2n) is 10.7. The van der Waals surface area contributed by atoms with E-state index in [1.165, 1.54) is 0 Å². The Balaban J connectivity index is 1.31. The summed E-state index contributed by atoms with van der Waals surface area (Å²) >= 11 is 0. The molecule has 5 nitrogen and oxygen atoms in total. The Morgan fingerprint density at radius 1 is 1.11 bits per heavy atom. The van der Waals surface area contributed by atoms with Gasteiger partial charge in [-0.3, -0.25) is 9.69 Å². The van der Waals surface area contributed by atoms with Gasteiger partial charge in [-0.15, -0.1) is 6.58 Å². The molecular formula is C33H34N2O3. The molecular weight excluding hydrogens is 472 g/mol. The number of hydrogen-bond donors (Lipinski definition) is 2. The van der Waals surface area contributed by atoms with Crippen LogP contribution in [0, 0.1) is 11.8 Å². The predicted molar refractivity (Wildman–Crippen MR) is 152 cm³/mol. The van der Waals surface area contributed by atoms with Crippen LogP contribution in [0.5, 0.6) is 5.75 Å². The third-order valence-corrected chi connectivity index (χ3v) is 8.59. The second kappa shape index (κ2) is 10.2. The van der Waals surface area contributed by atoms with Gasteiger partial charge in [-0.25, -0.2) is 0 Å². The van der Waals surface area contributed by atoms with Crippen LogP contribution in [-0.4, -0.2) is 54.2 Å². The molecule has 4 aliphatic heterocycles. The minimum Gasteiger partial charge on any atom is -0.497 e. The molecule has 0 radical (unpaired) electrons. The van der Waals surface area contributed by atoms with E-state index in [0.717, 1.165) is 59.6 Å². The van der Waals surface area contributed by atoms with E-state index in [1.54, 1.807) is 7.11 Å². The fraction of sp³-hybridized carbons (Fsp3) is 0.303. The van der Waals surface area contributed by atoms with Crippen LogP contribution in [0.4, 0.5) is 5.69 Å². The van der Waals surface area contributed by atoms with E-state index < -0.39 is 12.1 Å². The molecule has 38 heavy (non-hydrogen) atoms. The van der Waals surface area contributed by atoms with E-state index in [9.17, 15) is 9.90 Å². The van der Waals surface area contributed by atoms with Gasteiger partial charge in [0.05, 0.1) is 13.2 Å². The Morgan fingerprint density at radius 2 is 1.87 bits per heavy atom. The minimum atomic E-state index is -0.702. The molecule has 0 aliphatic carbocycles. The van der Waals surface area contributed by atoms with Gasteiger partial charge >= 0.3 is 0 Å². The summed E-state index contributed by atoms with van der Waals surface area (Å²) in [5.41, 5.74) is 5.35. The van der Waals surface area contributed by atoms with Gasteiger partial charge < -0.3 is 15.2 Å². The molecule has 194 valence electrons. The monoisotopic (exact) mass is 506 g/mol. The average molecular weight is 507 g/mol. The molecule has 0 spiro atoms. The molecule has 3 saturated heterocycles. The standard InChI is InChI=1S/C33H34N2O3/c1-3-21-20-35-16-15-25(21)17-31(35)33(37)28-19-30(34-29-14-13-26(38-2)18-27(28)29)32(36)24-11-9-23(10-12-24)22-7-5-4-6-8-22/h3-14,18-19,21,25,30-31,33-34,37H,1,15-17,20H2,2H3/t21-,25?,30?,31-,33+/m0/s1. The van der Waals surface area contributed by atoms with Gasteiger partial charge in [0, 0.05) is 29.4 Å². The molecule has 3 aromatic rings. The maximum atomic E-state index is 13.7. The zero-order valence-electron chi connectivity index (χ0n) is 21.7. The Hall–Kier alpha value is -3.67. The number of aliphatic hydroxyl groups is 1. The number of ketones is 1. The summed E-state index contributed by atoms with van der Waals surface area (Å²) in [6, 6.07) is 23.1. The Labute approximate surface area is 224 Å². The van der Waals surface area contributed by atoms with Crippen molar-refractivity contribution in [2.75, 3.05) is 25.5 Å². The summed E-state index contributed by atoms with van der Waals surface area (Å²) in [7, 11) is 1.64. The van der Waals surface area contributed by atoms with Crippen LogP contribution in [0.2, 0.25) is 0 Å². The van der Waals surface area contributed by atoms with Gasteiger partial charge in [-0.1, -0.05) is 60.7 Å². The number of ether oxygens (including phenoxy) is 1. The Morgan fingerprint density at radius 3 is 2.55 bits per heavy atom. The van der Waals surface area contributed by atoms with Crippen LogP contribution in [0.25, 0.3) is 16.7 Å². The number of rotatable bonds is 7. The molecule has 0 amide bonds. The maximum absolute atomic E-state index is 13.7. The lowest BCUT2D eigenvalue weighted by Crippen LogP contribution is -2.57. The molecule has 7 rings (SSSR count). The van der Waals surface area contributed by atoms with Gasteiger partial charge in [-0.05, 0) is 72.2 Å². The van der Waals surface area contributed by atoms with Crippen LogP contribution in [0.1, 0.15) is 28.8 Å². The predicted octanol–water partition coefficient (Wildman–Crippen LogP) is 5.68. The first-order valence-corrected chi connectivity index (χ1v) is 13.5. The lowest BCUT2D eigenvalue weighted by molar-refractivity contribution is -0.0254. The minimum absolute atomic E-state index is 0.0204. The largest absolute Gasteiger partial charge is 0.497 e. The Kier molecular flexibility index (Phi) is 6.64. The number of carbonyl (C=O) groups is 1. The molecule has 0 aromatic heterocycles. The highest BCUT2D eigenvalue weighted by Gasteiger charge is 2.43. The van der Waals surface area contributed by atoms with Crippen LogP contribution < -0.4 is 10.1 Å². The van der Waals surface area contributed by atoms with E-state index in [-0.39, 0.29) is 11.8 Å². The van der Waals surface area contributed by atoms with E-state index in [0.29, 0.717) is 17.4 Å². The van der Waals surface area contributed by atoms with Crippen molar-refractivity contribution in [1.82, 2.24) is 4.90 Å². The van der Waals surface area contributed by atoms with Crippen LogP contribution in [0.3, 0.4) is 0 Å². The third-order valence-electron chi connectivity index (χ3n) is 8.59. The number of methoxy groups -OCH3 is 1. The fourth-order valence-electron chi connectivity index (χ4n) is 6.44. The van der Waals surface area contributed by atoms with Crippen molar-refractivity contribution >= 4 is 17.0 Å². The SMILES string of the molecule is C=C[C@H]1CN2CCC1C[C@H]2[C@H](O)C1=CC(C(=O)c2ccc(-c3ccccc3)cc2)Nc2ccc(OC)cc21. The van der Waals surface area contributed by atoms with E-state index in [1.807, 2.05) is 66.7 Å². The van der Waals surface area contributed by atoms with Crippen LogP contribution >= 0.6 is 0 Å². The number of carbonyl (C=O) groups excluding carboxylic acids is 1. The molecule has 3 fully saturated rings. The quantitative estimate of drug-likeness (QED) is 0.319. The zero-order valence-corrected chi connectivity index (χ0v) is 21.7. The number of fused-ring (bicyclic) bond motifs is 4. The number of anilines is 1. The van der Waals surface area contributed by atoms with Crippen LogP contribution in [0.15, 0.2) is 91.5 Å². The maximum Gasteiger partial charge on any atom is 0.188 e. The van der Waals surface area contributed by atoms with E-state index in [4.69, 9.17) is 4.74 Å². The first kappa shape index (κ1) is 24.7. The molecule has 0 saturated carbocycles. The number of benzene rings is 3. The number of piperidine rings is 3. The number of nitrogens with one attached hydrogen (secondary N) is 1. The van der Waals surface area contributed by atoms with Crippen molar-refractivity contribution in [3.05, 3.63) is 103 Å². The average Bonchev–Trinajstić information content (AvgIpc) is 3.00. The number of Topliss-reactive ketones (excluding diaryl/α,β-unsaturated/α-hetero) is 1. The first-order chi connectivity index (χ1) is 18.6. The number of nitrogens with zero attached hydrogens (tertiary/aromatic N) is 1. The van der Waals surface area contributed by atoms with Crippen molar-refractivity contribution < 1.29 is 14.6 Å². The fourth-order valence-corrected chi connectivity index (χ4v) is 6.44. The van der Waals surface area contributed by atoms with Gasteiger partial charge in [0.25, 0.3) is 0 Å². The molecule has 3 aromatic carbocycles. The van der Waals surface area contributed by atoms with Crippen molar-refractivity contribution in [2.45, 2.75) is 31.0 Å².